The molecule has 1 amide bonds. The van der Waals surface area contributed by atoms with Crippen LogP contribution in [0, 0.1) is 10.1 Å². The Morgan fingerprint density at radius 3 is 2.57 bits per heavy atom. The maximum absolute atomic E-state index is 12.0. The van der Waals surface area contributed by atoms with Crippen LogP contribution in [-0.2, 0) is 17.9 Å². The Morgan fingerprint density at radius 1 is 1.11 bits per heavy atom. The van der Waals surface area contributed by atoms with Gasteiger partial charge in [0.15, 0.2) is 0 Å². The molecule has 0 saturated carbocycles. The number of para-hydroxylation sites is 2. The van der Waals surface area contributed by atoms with Crippen molar-refractivity contribution in [3.8, 4) is 0 Å². The molecule has 9 heteroatoms. The molecule has 0 radical (unpaired) electrons. The number of benzene rings is 2. The quantitative estimate of drug-likeness (QED) is 0.435. The van der Waals surface area contributed by atoms with E-state index >= 15 is 0 Å². The highest BCUT2D eigenvalue weighted by atomic mass is 16.6. The average Bonchev–Trinajstić information content (AvgIpc) is 3.21. The molecule has 3 rings (SSSR count). The van der Waals surface area contributed by atoms with Crippen LogP contribution in [0.15, 0.2) is 61.2 Å². The number of carbonyl (C=O) groups is 1. The summed E-state index contributed by atoms with van der Waals surface area (Å²) >= 11 is 0. The lowest BCUT2D eigenvalue weighted by Crippen LogP contribution is -2.25. The van der Waals surface area contributed by atoms with Crippen LogP contribution in [0.1, 0.15) is 17.5 Å². The molecular formula is C19H20N6O3. The van der Waals surface area contributed by atoms with E-state index in [4.69, 9.17) is 0 Å². The van der Waals surface area contributed by atoms with Crippen LogP contribution < -0.4 is 10.6 Å². The van der Waals surface area contributed by atoms with E-state index in [0.717, 1.165) is 11.1 Å². The van der Waals surface area contributed by atoms with Crippen molar-refractivity contribution in [1.82, 2.24) is 20.1 Å². The predicted molar refractivity (Wildman–Crippen MR) is 104 cm³/mol. The van der Waals surface area contributed by atoms with E-state index in [1.165, 1.54) is 12.4 Å². The zero-order valence-electron chi connectivity index (χ0n) is 15.1. The molecule has 3 aromatic rings. The lowest BCUT2D eigenvalue weighted by molar-refractivity contribution is -0.384. The first-order chi connectivity index (χ1) is 13.6. The number of hydrogen-bond donors (Lipinski definition) is 2. The summed E-state index contributed by atoms with van der Waals surface area (Å²) in [7, 11) is 0. The normalized spacial score (nSPS) is 10.4. The van der Waals surface area contributed by atoms with E-state index < -0.39 is 4.92 Å². The molecule has 28 heavy (non-hydrogen) atoms. The topological polar surface area (TPSA) is 115 Å². The highest BCUT2D eigenvalue weighted by Crippen LogP contribution is 2.22. The number of aromatic nitrogens is 3. The van der Waals surface area contributed by atoms with E-state index in [9.17, 15) is 14.9 Å². The predicted octanol–water partition coefficient (Wildman–Crippen LogP) is 2.35. The number of carbonyl (C=O) groups excluding carboxylic acids is 1. The van der Waals surface area contributed by atoms with Gasteiger partial charge >= 0.3 is 0 Å². The Bertz CT molecular complexity index is 925. The fraction of sp³-hybridized carbons (Fsp3) is 0.211. The number of amides is 1. The molecule has 0 fully saturated rings. The second-order valence-electron chi connectivity index (χ2n) is 6.14. The molecule has 0 atom stereocenters. The van der Waals surface area contributed by atoms with Crippen LogP contribution in [0.5, 0.6) is 0 Å². The summed E-state index contributed by atoms with van der Waals surface area (Å²) in [6.45, 7) is 1.38. The summed E-state index contributed by atoms with van der Waals surface area (Å²) in [5.41, 5.74) is 2.48. The SMILES string of the molecule is O=C(CCNc1ccccc1[N+](=O)[O-])NCc1ccc(Cn2cncn2)cc1. The minimum Gasteiger partial charge on any atom is -0.379 e. The van der Waals surface area contributed by atoms with Gasteiger partial charge in [-0.2, -0.15) is 5.10 Å². The summed E-state index contributed by atoms with van der Waals surface area (Å²) in [5, 5.41) is 20.8. The van der Waals surface area contributed by atoms with Crippen molar-refractivity contribution in [2.75, 3.05) is 11.9 Å². The molecule has 0 aliphatic carbocycles. The maximum atomic E-state index is 12.0. The number of nitro benzene ring substituents is 1. The Labute approximate surface area is 161 Å². The highest BCUT2D eigenvalue weighted by Gasteiger charge is 2.12. The van der Waals surface area contributed by atoms with Crippen LogP contribution in [0.2, 0.25) is 0 Å². The van der Waals surface area contributed by atoms with Gasteiger partial charge in [-0.15, -0.1) is 0 Å². The molecule has 1 heterocycles. The van der Waals surface area contributed by atoms with Crippen LogP contribution in [-0.4, -0.2) is 32.1 Å². The maximum Gasteiger partial charge on any atom is 0.292 e. The van der Waals surface area contributed by atoms with Gasteiger partial charge in [0.25, 0.3) is 5.69 Å². The largest absolute Gasteiger partial charge is 0.379 e. The van der Waals surface area contributed by atoms with E-state index in [1.807, 2.05) is 24.3 Å². The monoisotopic (exact) mass is 380 g/mol. The van der Waals surface area contributed by atoms with Crippen molar-refractivity contribution in [3.05, 3.63) is 82.4 Å². The van der Waals surface area contributed by atoms with Crippen molar-refractivity contribution in [3.63, 3.8) is 0 Å². The highest BCUT2D eigenvalue weighted by molar-refractivity contribution is 5.76. The Morgan fingerprint density at radius 2 is 1.86 bits per heavy atom. The van der Waals surface area contributed by atoms with Gasteiger partial charge in [-0.3, -0.25) is 14.9 Å². The second-order valence-corrected chi connectivity index (χ2v) is 6.14. The number of nitrogens with one attached hydrogen (secondary N) is 2. The molecule has 0 saturated heterocycles. The van der Waals surface area contributed by atoms with Gasteiger partial charge < -0.3 is 10.6 Å². The van der Waals surface area contributed by atoms with Crippen molar-refractivity contribution < 1.29 is 9.72 Å². The molecule has 0 aliphatic rings. The number of nitrogens with zero attached hydrogens (tertiary/aromatic N) is 4. The Kier molecular flexibility index (Phi) is 6.29. The summed E-state index contributed by atoms with van der Waals surface area (Å²) < 4.78 is 1.74. The number of anilines is 1. The minimum absolute atomic E-state index is 0.00566. The number of rotatable bonds is 9. The third-order valence-electron chi connectivity index (χ3n) is 4.09. The number of nitro groups is 1. The third-order valence-corrected chi connectivity index (χ3v) is 4.09. The number of hydrogen-bond acceptors (Lipinski definition) is 6. The van der Waals surface area contributed by atoms with Crippen LogP contribution in [0.3, 0.4) is 0 Å². The average molecular weight is 380 g/mol. The second kappa shape index (κ2) is 9.26. The van der Waals surface area contributed by atoms with Crippen LogP contribution in [0.25, 0.3) is 0 Å². The fourth-order valence-corrected chi connectivity index (χ4v) is 2.65. The smallest absolute Gasteiger partial charge is 0.292 e. The van der Waals surface area contributed by atoms with Gasteiger partial charge in [-0.1, -0.05) is 36.4 Å². The fourth-order valence-electron chi connectivity index (χ4n) is 2.65. The van der Waals surface area contributed by atoms with Gasteiger partial charge in [-0.05, 0) is 17.2 Å². The third kappa shape index (κ3) is 5.37. The van der Waals surface area contributed by atoms with Gasteiger partial charge in [0.05, 0.1) is 11.5 Å². The molecular weight excluding hydrogens is 360 g/mol. The molecule has 2 N–H and O–H groups in total. The van der Waals surface area contributed by atoms with E-state index in [-0.39, 0.29) is 18.0 Å². The van der Waals surface area contributed by atoms with E-state index in [1.54, 1.807) is 29.2 Å². The first-order valence-electron chi connectivity index (χ1n) is 8.76. The van der Waals surface area contributed by atoms with E-state index in [0.29, 0.717) is 25.3 Å². The zero-order chi connectivity index (χ0) is 19.8. The molecule has 2 aromatic carbocycles. The van der Waals surface area contributed by atoms with Gasteiger partial charge in [-0.25, -0.2) is 9.67 Å². The van der Waals surface area contributed by atoms with Crippen LogP contribution in [0.4, 0.5) is 11.4 Å². The molecule has 9 nitrogen and oxygen atoms in total. The molecule has 1 aromatic heterocycles. The summed E-state index contributed by atoms with van der Waals surface area (Å²) in [4.78, 5) is 26.4. The summed E-state index contributed by atoms with van der Waals surface area (Å²) in [6, 6.07) is 14.2. The molecule has 0 aliphatic heterocycles. The lowest BCUT2D eigenvalue weighted by atomic mass is 10.1. The summed E-state index contributed by atoms with van der Waals surface area (Å²) in [6.07, 6.45) is 3.37. The Balaban J connectivity index is 1.41. The molecule has 0 spiro atoms. The summed E-state index contributed by atoms with van der Waals surface area (Å²) in [5.74, 6) is -0.127. The van der Waals surface area contributed by atoms with Crippen LogP contribution >= 0.6 is 0 Å². The van der Waals surface area contributed by atoms with E-state index in [2.05, 4.69) is 20.7 Å². The zero-order valence-corrected chi connectivity index (χ0v) is 15.1. The molecule has 0 bridgehead atoms. The van der Waals surface area contributed by atoms with Gasteiger partial charge in [0.2, 0.25) is 5.91 Å². The lowest BCUT2D eigenvalue weighted by Gasteiger charge is -2.08. The standard InChI is InChI=1S/C19H20N6O3/c26-19(9-10-21-17-3-1-2-4-18(17)25(27)28)22-11-15-5-7-16(8-6-15)12-24-14-20-13-23-24/h1-8,13-14,21H,9-12H2,(H,22,26). The van der Waals surface area contributed by atoms with Crippen molar-refractivity contribution in [1.29, 1.82) is 0 Å². The first kappa shape index (κ1) is 19.0. The minimum atomic E-state index is -0.449. The van der Waals surface area contributed by atoms with Crippen molar-refractivity contribution in [2.45, 2.75) is 19.5 Å². The molecule has 144 valence electrons. The first-order valence-corrected chi connectivity index (χ1v) is 8.76. The van der Waals surface area contributed by atoms with Crippen molar-refractivity contribution in [2.24, 2.45) is 0 Å². The van der Waals surface area contributed by atoms with Gasteiger partial charge in [0.1, 0.15) is 18.3 Å². The Hall–Kier alpha value is -3.75. The molecule has 0 unspecified atom stereocenters. The van der Waals surface area contributed by atoms with Crippen molar-refractivity contribution >= 4 is 17.3 Å². The van der Waals surface area contributed by atoms with Gasteiger partial charge in [0, 0.05) is 25.6 Å².